The lowest BCUT2D eigenvalue weighted by atomic mass is 9.99. The number of aromatic nitrogens is 3. The molecule has 8 nitrogen and oxygen atoms in total. The highest BCUT2D eigenvalue weighted by atomic mass is 16.4. The molecule has 25 heavy (non-hydrogen) atoms. The van der Waals surface area contributed by atoms with Crippen molar-refractivity contribution < 1.29 is 14.7 Å². The molecule has 0 unspecified atom stereocenters. The second-order valence-corrected chi connectivity index (χ2v) is 6.21. The Morgan fingerprint density at radius 3 is 2.80 bits per heavy atom. The molecule has 0 bridgehead atoms. The number of carboxylic acid groups (broad SMARTS) is 1. The molecule has 0 saturated carbocycles. The van der Waals surface area contributed by atoms with Gasteiger partial charge < -0.3 is 10.4 Å². The molecule has 0 radical (unpaired) electrons. The third kappa shape index (κ3) is 4.14. The standard InChI is InChI=1S/C17H21N5O3/c1-11-10-13(12-6-3-2-4-7-12)22-17(18-11)20-16(21-22)19-14(23)8-5-9-15(24)25/h2-4,6-7,11,13H,5,8-10H2,1H3,(H,24,25)(H2,18,19,20,21,23)/t11-,13-/m1/s1. The molecular formula is C17H21N5O3. The van der Waals surface area contributed by atoms with Crippen molar-refractivity contribution in [3.63, 3.8) is 0 Å². The Labute approximate surface area is 145 Å². The SMILES string of the molecule is C[C@@H]1C[C@H](c2ccccc2)n2nc(NC(=O)CCCC(=O)O)nc2N1. The van der Waals surface area contributed by atoms with Gasteiger partial charge in [-0.05, 0) is 25.3 Å². The minimum Gasteiger partial charge on any atom is -0.481 e. The smallest absolute Gasteiger partial charge is 0.303 e. The molecule has 0 aliphatic carbocycles. The number of benzene rings is 1. The Bertz CT molecular complexity index is 759. The lowest BCUT2D eigenvalue weighted by molar-refractivity contribution is -0.137. The van der Waals surface area contributed by atoms with Crippen molar-refractivity contribution in [3.05, 3.63) is 35.9 Å². The molecular weight excluding hydrogens is 322 g/mol. The summed E-state index contributed by atoms with van der Waals surface area (Å²) in [7, 11) is 0. The van der Waals surface area contributed by atoms with E-state index in [1.54, 1.807) is 4.68 Å². The second kappa shape index (κ2) is 7.33. The second-order valence-electron chi connectivity index (χ2n) is 6.21. The van der Waals surface area contributed by atoms with Gasteiger partial charge in [0.25, 0.3) is 5.95 Å². The van der Waals surface area contributed by atoms with E-state index in [1.165, 1.54) is 0 Å². The highest BCUT2D eigenvalue weighted by molar-refractivity contribution is 5.89. The van der Waals surface area contributed by atoms with Crippen molar-refractivity contribution in [2.45, 2.75) is 44.7 Å². The molecule has 0 spiro atoms. The number of carbonyl (C=O) groups is 2. The van der Waals surface area contributed by atoms with E-state index < -0.39 is 5.97 Å². The number of aliphatic carboxylic acids is 1. The van der Waals surface area contributed by atoms with Crippen LogP contribution < -0.4 is 10.6 Å². The molecule has 1 aliphatic rings. The van der Waals surface area contributed by atoms with Crippen LogP contribution in [0.3, 0.4) is 0 Å². The van der Waals surface area contributed by atoms with Gasteiger partial charge in [-0.15, -0.1) is 5.10 Å². The van der Waals surface area contributed by atoms with Crippen LogP contribution in [0, 0.1) is 0 Å². The van der Waals surface area contributed by atoms with Crippen LogP contribution in [0.4, 0.5) is 11.9 Å². The minimum absolute atomic E-state index is 0.0321. The van der Waals surface area contributed by atoms with Gasteiger partial charge in [-0.25, -0.2) is 4.68 Å². The monoisotopic (exact) mass is 343 g/mol. The molecule has 0 fully saturated rings. The van der Waals surface area contributed by atoms with E-state index in [4.69, 9.17) is 5.11 Å². The number of fused-ring (bicyclic) bond motifs is 1. The number of nitrogens with one attached hydrogen (secondary N) is 2. The topological polar surface area (TPSA) is 109 Å². The van der Waals surface area contributed by atoms with Crippen molar-refractivity contribution in [1.82, 2.24) is 14.8 Å². The van der Waals surface area contributed by atoms with E-state index in [-0.39, 0.29) is 43.2 Å². The molecule has 1 amide bonds. The number of carbonyl (C=O) groups excluding carboxylic acids is 1. The fraction of sp³-hybridized carbons (Fsp3) is 0.412. The predicted octanol–water partition coefficient (Wildman–Crippen LogP) is 2.26. The summed E-state index contributed by atoms with van der Waals surface area (Å²) >= 11 is 0. The molecule has 1 aromatic heterocycles. The summed E-state index contributed by atoms with van der Waals surface area (Å²) in [6.45, 7) is 2.08. The van der Waals surface area contributed by atoms with Crippen LogP contribution in [0.2, 0.25) is 0 Å². The summed E-state index contributed by atoms with van der Waals surface area (Å²) < 4.78 is 1.79. The molecule has 3 rings (SSSR count). The number of nitrogens with zero attached hydrogens (tertiary/aromatic N) is 3. The van der Waals surface area contributed by atoms with Gasteiger partial charge in [-0.2, -0.15) is 4.98 Å². The Kier molecular flexibility index (Phi) is 4.97. The Balaban J connectivity index is 1.73. The first-order valence-electron chi connectivity index (χ1n) is 8.32. The van der Waals surface area contributed by atoms with Gasteiger partial charge in [0.1, 0.15) is 0 Å². The van der Waals surface area contributed by atoms with E-state index in [0.29, 0.717) is 5.95 Å². The number of anilines is 2. The number of hydrogen-bond acceptors (Lipinski definition) is 5. The maximum absolute atomic E-state index is 11.9. The fourth-order valence-electron chi connectivity index (χ4n) is 2.95. The molecule has 1 aliphatic heterocycles. The predicted molar refractivity (Wildman–Crippen MR) is 92.4 cm³/mol. The minimum atomic E-state index is -0.910. The maximum Gasteiger partial charge on any atom is 0.303 e. The average Bonchev–Trinajstić information content (AvgIpc) is 2.96. The summed E-state index contributed by atoms with van der Waals surface area (Å²) in [4.78, 5) is 26.8. The van der Waals surface area contributed by atoms with Crippen LogP contribution in [0.5, 0.6) is 0 Å². The molecule has 3 N–H and O–H groups in total. The highest BCUT2D eigenvalue weighted by Gasteiger charge is 2.28. The van der Waals surface area contributed by atoms with Gasteiger partial charge >= 0.3 is 5.97 Å². The fourth-order valence-corrected chi connectivity index (χ4v) is 2.95. The first-order chi connectivity index (χ1) is 12.0. The summed E-state index contributed by atoms with van der Waals surface area (Å²) in [6.07, 6.45) is 1.25. The lowest BCUT2D eigenvalue weighted by Crippen LogP contribution is -2.31. The van der Waals surface area contributed by atoms with Crippen molar-refractivity contribution in [2.75, 3.05) is 10.6 Å². The van der Waals surface area contributed by atoms with Crippen LogP contribution in [-0.2, 0) is 9.59 Å². The number of carboxylic acids is 1. The van der Waals surface area contributed by atoms with E-state index in [2.05, 4.69) is 39.8 Å². The zero-order valence-electron chi connectivity index (χ0n) is 14.0. The molecule has 8 heteroatoms. The highest BCUT2D eigenvalue weighted by Crippen LogP contribution is 2.31. The third-order valence-electron chi connectivity index (χ3n) is 4.11. The third-order valence-corrected chi connectivity index (χ3v) is 4.11. The zero-order valence-corrected chi connectivity index (χ0v) is 14.0. The number of hydrogen-bond donors (Lipinski definition) is 3. The van der Waals surface area contributed by atoms with Gasteiger partial charge in [0.15, 0.2) is 0 Å². The quantitative estimate of drug-likeness (QED) is 0.742. The molecule has 0 saturated heterocycles. The van der Waals surface area contributed by atoms with Crippen LogP contribution in [-0.4, -0.2) is 37.8 Å². The summed E-state index contributed by atoms with van der Waals surface area (Å²) in [5, 5.41) is 19.0. The van der Waals surface area contributed by atoms with E-state index in [9.17, 15) is 9.59 Å². The maximum atomic E-state index is 11.9. The van der Waals surface area contributed by atoms with Gasteiger partial charge in [0, 0.05) is 18.9 Å². The molecule has 2 aromatic rings. The normalized spacial score (nSPS) is 18.9. The lowest BCUT2D eigenvalue weighted by Gasteiger charge is -2.29. The molecule has 2 heterocycles. The van der Waals surface area contributed by atoms with Crippen molar-refractivity contribution in [3.8, 4) is 0 Å². The van der Waals surface area contributed by atoms with Crippen molar-refractivity contribution in [1.29, 1.82) is 0 Å². The summed E-state index contributed by atoms with van der Waals surface area (Å²) in [5.74, 6) is -0.341. The van der Waals surface area contributed by atoms with E-state index in [1.807, 2.05) is 18.2 Å². The van der Waals surface area contributed by atoms with Crippen LogP contribution >= 0.6 is 0 Å². The summed E-state index contributed by atoms with van der Waals surface area (Å²) in [6, 6.07) is 10.3. The van der Waals surface area contributed by atoms with Crippen LogP contribution in [0.1, 0.15) is 44.2 Å². The first kappa shape index (κ1) is 16.9. The average molecular weight is 343 g/mol. The first-order valence-corrected chi connectivity index (χ1v) is 8.32. The Morgan fingerprint density at radius 1 is 1.32 bits per heavy atom. The van der Waals surface area contributed by atoms with Gasteiger partial charge in [0.05, 0.1) is 6.04 Å². The van der Waals surface area contributed by atoms with Crippen LogP contribution in [0.25, 0.3) is 0 Å². The largest absolute Gasteiger partial charge is 0.481 e. The van der Waals surface area contributed by atoms with Gasteiger partial charge in [-0.1, -0.05) is 30.3 Å². The Hall–Kier alpha value is -2.90. The van der Waals surface area contributed by atoms with E-state index >= 15 is 0 Å². The Morgan fingerprint density at radius 2 is 2.08 bits per heavy atom. The van der Waals surface area contributed by atoms with E-state index in [0.717, 1.165) is 12.0 Å². The van der Waals surface area contributed by atoms with Gasteiger partial charge in [-0.3, -0.25) is 14.9 Å². The number of rotatable bonds is 6. The zero-order chi connectivity index (χ0) is 17.8. The van der Waals surface area contributed by atoms with Crippen molar-refractivity contribution >= 4 is 23.8 Å². The van der Waals surface area contributed by atoms with Crippen molar-refractivity contribution in [2.24, 2.45) is 0 Å². The van der Waals surface area contributed by atoms with Gasteiger partial charge in [0.2, 0.25) is 11.9 Å². The molecule has 132 valence electrons. The summed E-state index contributed by atoms with van der Waals surface area (Å²) in [5.41, 5.74) is 1.14. The molecule has 1 aromatic carbocycles. The number of amides is 1. The van der Waals surface area contributed by atoms with Crippen LogP contribution in [0.15, 0.2) is 30.3 Å². The molecule has 2 atom stereocenters.